The van der Waals surface area contributed by atoms with Gasteiger partial charge < -0.3 is 10.0 Å². The molecule has 3 rings (SSSR count). The van der Waals surface area contributed by atoms with Crippen LogP contribution < -0.4 is 4.90 Å². The molecule has 0 atom stereocenters. The number of anilines is 1. The van der Waals surface area contributed by atoms with Gasteiger partial charge in [0.05, 0.1) is 0 Å². The predicted octanol–water partition coefficient (Wildman–Crippen LogP) is 7.46. The Labute approximate surface area is 186 Å². The van der Waals surface area contributed by atoms with E-state index in [0.29, 0.717) is 0 Å². The number of hydrogen-bond donors (Lipinski definition) is 1. The van der Waals surface area contributed by atoms with Crippen molar-refractivity contribution in [2.75, 3.05) is 19.0 Å². The maximum atomic E-state index is 10.7. The van der Waals surface area contributed by atoms with Crippen LogP contribution in [0.3, 0.4) is 0 Å². The van der Waals surface area contributed by atoms with Gasteiger partial charge >= 0.3 is 0 Å². The van der Waals surface area contributed by atoms with Gasteiger partial charge in [0.25, 0.3) is 0 Å². The molecule has 0 fully saturated rings. The molecule has 0 saturated heterocycles. The van der Waals surface area contributed by atoms with Gasteiger partial charge in [-0.3, -0.25) is 0 Å². The van der Waals surface area contributed by atoms with E-state index in [1.54, 1.807) is 0 Å². The Bertz CT molecular complexity index is 1070. The number of nitrogens with zero attached hydrogens (tertiary/aromatic N) is 1. The molecule has 0 heterocycles. The lowest BCUT2D eigenvalue weighted by molar-refractivity contribution is 0.512. The van der Waals surface area contributed by atoms with Crippen LogP contribution in [0.5, 0.6) is 0 Å². The van der Waals surface area contributed by atoms with E-state index in [1.165, 1.54) is 22.4 Å². The van der Waals surface area contributed by atoms with E-state index in [1.807, 2.05) is 51.4 Å². The topological polar surface area (TPSA) is 23.5 Å². The second-order valence-electron chi connectivity index (χ2n) is 8.05. The van der Waals surface area contributed by atoms with Crippen LogP contribution in [0.1, 0.15) is 34.2 Å². The van der Waals surface area contributed by atoms with Gasteiger partial charge in [-0.2, -0.15) is 0 Å². The zero-order valence-corrected chi connectivity index (χ0v) is 18.8. The van der Waals surface area contributed by atoms with Gasteiger partial charge in [-0.25, -0.2) is 0 Å². The van der Waals surface area contributed by atoms with Crippen LogP contribution in [0, 0.1) is 13.8 Å². The Kier molecular flexibility index (Phi) is 7.50. The summed E-state index contributed by atoms with van der Waals surface area (Å²) in [6.07, 6.45) is 9.06. The third kappa shape index (κ3) is 6.48. The summed E-state index contributed by atoms with van der Waals surface area (Å²) < 4.78 is 0. The smallest absolute Gasteiger partial charge is 0.123 e. The first-order valence-electron chi connectivity index (χ1n) is 10.6. The molecule has 0 aliphatic carbocycles. The highest BCUT2D eigenvalue weighted by molar-refractivity contribution is 5.81. The Morgan fingerprint density at radius 2 is 1.32 bits per heavy atom. The first-order valence-corrected chi connectivity index (χ1v) is 10.6. The van der Waals surface area contributed by atoms with Crippen LogP contribution >= 0.6 is 0 Å². The summed E-state index contributed by atoms with van der Waals surface area (Å²) >= 11 is 0. The van der Waals surface area contributed by atoms with E-state index in [2.05, 4.69) is 78.6 Å². The van der Waals surface area contributed by atoms with Crippen molar-refractivity contribution in [1.82, 2.24) is 0 Å². The van der Waals surface area contributed by atoms with E-state index in [0.717, 1.165) is 23.1 Å². The Morgan fingerprint density at radius 3 is 1.87 bits per heavy atom. The van der Waals surface area contributed by atoms with E-state index >= 15 is 0 Å². The molecule has 1 N–H and O–H groups in total. The average molecular weight is 410 g/mol. The largest absolute Gasteiger partial charge is 0.507 e. The number of aliphatic hydroxyl groups excluding tert-OH is 1. The van der Waals surface area contributed by atoms with Crippen LogP contribution in [0.25, 0.3) is 17.4 Å². The molecule has 0 aliphatic rings. The molecule has 0 radical (unpaired) electrons. The first-order chi connectivity index (χ1) is 14.9. The minimum absolute atomic E-state index is 0.273. The lowest BCUT2D eigenvalue weighted by atomic mass is 10.0. The SMILES string of the molecule is Cc1ccc(/C(O)=C/C(=C\C/C=C/c2ccc(N(C)C)cc2)c2ccc(C)cc2)cc1. The molecule has 2 heteroatoms. The molecule has 2 nitrogen and oxygen atoms in total. The maximum Gasteiger partial charge on any atom is 0.123 e. The third-order valence-corrected chi connectivity index (χ3v) is 5.22. The van der Waals surface area contributed by atoms with Gasteiger partial charge in [-0.15, -0.1) is 0 Å². The summed E-state index contributed by atoms with van der Waals surface area (Å²) in [4.78, 5) is 2.09. The lowest BCUT2D eigenvalue weighted by Gasteiger charge is -2.11. The highest BCUT2D eigenvalue weighted by Crippen LogP contribution is 2.23. The summed E-state index contributed by atoms with van der Waals surface area (Å²) in [6.45, 7) is 4.12. The monoisotopic (exact) mass is 409 g/mol. The molecule has 3 aromatic carbocycles. The van der Waals surface area contributed by atoms with Gasteiger partial charge in [0.1, 0.15) is 5.76 Å². The molecule has 0 amide bonds. The minimum atomic E-state index is 0.273. The van der Waals surface area contributed by atoms with Gasteiger partial charge in [0.15, 0.2) is 0 Å². The van der Waals surface area contributed by atoms with Crippen molar-refractivity contribution in [2.24, 2.45) is 0 Å². The number of aryl methyl sites for hydroxylation is 2. The van der Waals surface area contributed by atoms with Crippen LogP contribution in [-0.2, 0) is 0 Å². The number of allylic oxidation sites excluding steroid dienone is 4. The second-order valence-corrected chi connectivity index (χ2v) is 8.05. The molecular formula is C29H31NO. The summed E-state index contributed by atoms with van der Waals surface area (Å²) in [7, 11) is 4.09. The standard InChI is InChI=1S/C29H31NO/c1-22-9-15-25(16-10-22)27(21-29(31)26-17-11-23(2)12-18-26)8-6-5-7-24-13-19-28(20-14-24)30(3)4/h5,7-21,31H,6H2,1-4H3/b7-5+,27-8+,29-21-. The van der Waals surface area contributed by atoms with Crippen LogP contribution in [0.15, 0.2) is 91.0 Å². The summed E-state index contributed by atoms with van der Waals surface area (Å²) in [6, 6.07) is 24.8. The molecule has 0 spiro atoms. The van der Waals surface area contributed by atoms with E-state index < -0.39 is 0 Å². The van der Waals surface area contributed by atoms with Gasteiger partial charge in [-0.1, -0.05) is 90.0 Å². The normalized spacial score (nSPS) is 12.4. The number of hydrogen-bond acceptors (Lipinski definition) is 2. The van der Waals surface area contributed by atoms with Crippen molar-refractivity contribution in [3.8, 4) is 0 Å². The predicted molar refractivity (Wildman–Crippen MR) is 135 cm³/mol. The molecular weight excluding hydrogens is 378 g/mol. The van der Waals surface area contributed by atoms with Crippen molar-refractivity contribution in [3.05, 3.63) is 119 Å². The fraction of sp³-hybridized carbons (Fsp3) is 0.172. The fourth-order valence-corrected chi connectivity index (χ4v) is 3.24. The molecule has 158 valence electrons. The van der Waals surface area contributed by atoms with Crippen LogP contribution in [0.4, 0.5) is 5.69 Å². The Balaban J connectivity index is 1.82. The Morgan fingerprint density at radius 1 is 0.774 bits per heavy atom. The number of aliphatic hydroxyl groups is 1. The van der Waals surface area contributed by atoms with E-state index in [-0.39, 0.29) is 5.76 Å². The minimum Gasteiger partial charge on any atom is -0.507 e. The van der Waals surface area contributed by atoms with Crippen LogP contribution in [0.2, 0.25) is 0 Å². The summed E-state index contributed by atoms with van der Waals surface area (Å²) in [5.74, 6) is 0.273. The zero-order valence-electron chi connectivity index (χ0n) is 18.8. The van der Waals surface area contributed by atoms with Crippen molar-refractivity contribution >= 4 is 23.1 Å². The molecule has 0 aromatic heterocycles. The van der Waals surface area contributed by atoms with Crippen molar-refractivity contribution in [2.45, 2.75) is 20.3 Å². The van der Waals surface area contributed by atoms with Crippen molar-refractivity contribution in [1.29, 1.82) is 0 Å². The number of benzene rings is 3. The third-order valence-electron chi connectivity index (χ3n) is 5.22. The molecule has 0 bridgehead atoms. The summed E-state index contributed by atoms with van der Waals surface area (Å²) in [5, 5.41) is 10.7. The molecule has 0 aliphatic heterocycles. The second kappa shape index (κ2) is 10.5. The molecule has 0 unspecified atom stereocenters. The average Bonchev–Trinajstić information content (AvgIpc) is 2.77. The highest BCUT2D eigenvalue weighted by Gasteiger charge is 2.03. The molecule has 3 aromatic rings. The summed E-state index contributed by atoms with van der Waals surface area (Å²) in [5.41, 5.74) is 7.67. The van der Waals surface area contributed by atoms with Crippen molar-refractivity contribution < 1.29 is 5.11 Å². The Hall–Kier alpha value is -3.52. The quantitative estimate of drug-likeness (QED) is 0.323. The van der Waals surface area contributed by atoms with E-state index in [9.17, 15) is 5.11 Å². The zero-order chi connectivity index (χ0) is 22.2. The van der Waals surface area contributed by atoms with Gasteiger partial charge in [-0.05, 0) is 55.2 Å². The molecule has 31 heavy (non-hydrogen) atoms. The fourth-order valence-electron chi connectivity index (χ4n) is 3.24. The number of rotatable bonds is 7. The highest BCUT2D eigenvalue weighted by atomic mass is 16.3. The maximum absolute atomic E-state index is 10.7. The van der Waals surface area contributed by atoms with Gasteiger partial charge in [0.2, 0.25) is 0 Å². The molecule has 0 saturated carbocycles. The first kappa shape index (κ1) is 22.2. The lowest BCUT2D eigenvalue weighted by Crippen LogP contribution is -2.07. The van der Waals surface area contributed by atoms with Crippen LogP contribution in [-0.4, -0.2) is 19.2 Å². The van der Waals surface area contributed by atoms with E-state index in [4.69, 9.17) is 0 Å². The van der Waals surface area contributed by atoms with Crippen molar-refractivity contribution in [3.63, 3.8) is 0 Å². The van der Waals surface area contributed by atoms with Gasteiger partial charge in [0, 0.05) is 25.3 Å².